The molecule has 97 heavy (non-hydrogen) atoms. The van der Waals surface area contributed by atoms with Crippen molar-refractivity contribution in [1.82, 2.24) is 40.0 Å². The van der Waals surface area contributed by atoms with Crippen LogP contribution in [0.4, 0.5) is 11.6 Å². The van der Waals surface area contributed by atoms with Gasteiger partial charge in [-0.05, 0) is 80.9 Å². The predicted octanol–water partition coefficient (Wildman–Crippen LogP) is 14.9. The molecule has 0 radical (unpaired) electrons. The molecule has 0 aliphatic carbocycles. The number of nitrogens with one attached hydrogen (secondary N) is 2. The van der Waals surface area contributed by atoms with Gasteiger partial charge in [-0.15, -0.1) is 10.2 Å². The zero-order valence-corrected chi connectivity index (χ0v) is 57.4. The van der Waals surface area contributed by atoms with Crippen LogP contribution in [0.3, 0.4) is 0 Å². The minimum absolute atomic E-state index is 0. The number of hydrogen-bond donors (Lipinski definition) is 3. The number of carbonyl (C=O) groups excluding carboxylic acids is 1. The van der Waals surface area contributed by atoms with Gasteiger partial charge in [0.15, 0.2) is 11.3 Å². The number of fused-ring (bicyclic) bond motifs is 2. The Morgan fingerprint density at radius 1 is 0.474 bits per heavy atom. The summed E-state index contributed by atoms with van der Waals surface area (Å²) in [5, 5.41) is 35.9. The van der Waals surface area contributed by atoms with Crippen LogP contribution >= 0.6 is 0 Å². The van der Waals surface area contributed by atoms with Gasteiger partial charge in [0.1, 0.15) is 33.7 Å². The van der Waals surface area contributed by atoms with Crippen molar-refractivity contribution >= 4 is 46.6 Å². The molecule has 3 N–H and O–H groups in total. The number of pyridine rings is 2. The van der Waals surface area contributed by atoms with Crippen LogP contribution in [0.15, 0.2) is 255 Å². The van der Waals surface area contributed by atoms with Crippen molar-refractivity contribution in [2.24, 2.45) is 0 Å². The normalized spacial score (nSPS) is 13.1. The molecule has 4 aromatic heterocycles. The average Bonchev–Trinajstić information content (AvgIpc) is 1.68. The minimum atomic E-state index is -0.889. The molecule has 494 valence electrons. The Morgan fingerprint density at radius 3 is 1.02 bits per heavy atom. The molecule has 12 aromatic rings. The van der Waals surface area contributed by atoms with Crippen LogP contribution in [-0.4, -0.2) is 85.6 Å². The van der Waals surface area contributed by atoms with Crippen molar-refractivity contribution in [3.05, 3.63) is 310 Å². The molecule has 0 fully saturated rings. The molecular weight excluding hydrogens is 1190 g/mol. The molecule has 0 aliphatic heterocycles. The number of esters is 1. The summed E-state index contributed by atoms with van der Waals surface area (Å²) in [5.41, 5.74) is 11.0. The smallest absolute Gasteiger partial charge is 0.469 e. The fourth-order valence-electron chi connectivity index (χ4n) is 14.6. The summed E-state index contributed by atoms with van der Waals surface area (Å²) in [6.07, 6.45) is 4.81. The minimum Gasteiger partial charge on any atom is -0.469 e. The van der Waals surface area contributed by atoms with Crippen molar-refractivity contribution in [2.75, 3.05) is 38.4 Å². The van der Waals surface area contributed by atoms with Crippen LogP contribution in [0.1, 0.15) is 149 Å². The summed E-state index contributed by atoms with van der Waals surface area (Å²) in [7, 11) is 5.12. The number of hydrogen-bond acceptors (Lipinski definition) is 11. The summed E-state index contributed by atoms with van der Waals surface area (Å²) in [6, 6.07) is 86.3. The second-order valence-electron chi connectivity index (χ2n) is 25.1. The number of rotatable bonds is 24. The van der Waals surface area contributed by atoms with E-state index in [2.05, 4.69) is 174 Å². The summed E-state index contributed by atoms with van der Waals surface area (Å²) >= 11 is 0. The van der Waals surface area contributed by atoms with Gasteiger partial charge >= 0.3 is 24.8 Å². The zero-order valence-electron chi connectivity index (χ0n) is 57.4. The second-order valence-corrected chi connectivity index (χ2v) is 25.1. The number of anilines is 2. The molecule has 0 amide bonds. The summed E-state index contributed by atoms with van der Waals surface area (Å²) in [4.78, 5) is 22.8. The number of methoxy groups -OCH3 is 1. The fraction of sp³-hybridized carbons (Fsp3) is 0.280. The number of benzene rings is 8. The maximum absolute atomic E-state index is 12.7. The van der Waals surface area contributed by atoms with Gasteiger partial charge in [-0.2, -0.15) is 17.5 Å². The first-order valence-electron chi connectivity index (χ1n) is 33.7. The predicted molar refractivity (Wildman–Crippen MR) is 397 cm³/mol. The van der Waals surface area contributed by atoms with Crippen LogP contribution < -0.4 is 29.5 Å². The van der Waals surface area contributed by atoms with Crippen molar-refractivity contribution < 1.29 is 33.5 Å². The first-order valence-corrected chi connectivity index (χ1v) is 33.7. The van der Waals surface area contributed by atoms with E-state index in [0.717, 1.165) is 73.1 Å². The van der Waals surface area contributed by atoms with Crippen molar-refractivity contribution in [2.45, 2.75) is 121 Å². The van der Waals surface area contributed by atoms with Crippen molar-refractivity contribution in [3.63, 3.8) is 0 Å². The van der Waals surface area contributed by atoms with E-state index < -0.39 is 11.1 Å². The maximum Gasteiger partial charge on any atom is 1.00 e. The molecule has 15 heteroatoms. The molecule has 5 atom stereocenters. The third-order valence-corrected chi connectivity index (χ3v) is 19.9. The van der Waals surface area contributed by atoms with Gasteiger partial charge < -0.3 is 20.5 Å². The van der Waals surface area contributed by atoms with Crippen LogP contribution in [0.2, 0.25) is 17.5 Å². The van der Waals surface area contributed by atoms with Gasteiger partial charge in [-0.1, -0.05) is 321 Å². The Labute approximate surface area is 586 Å². The molecule has 13 nitrogen and oxygen atoms in total. The van der Waals surface area contributed by atoms with Gasteiger partial charge in [0.25, 0.3) is 0 Å². The van der Waals surface area contributed by atoms with Gasteiger partial charge in [-0.3, -0.25) is 4.79 Å². The quantitative estimate of drug-likeness (QED) is 0.0300. The largest absolute Gasteiger partial charge is 1.00 e. The van der Waals surface area contributed by atoms with E-state index in [4.69, 9.17) is 35.3 Å². The molecule has 0 saturated heterocycles. The Bertz CT molecular complexity index is 4090. The standard InChI is InChI=1S/C35H31N5O2.C34H31N5O.C12H28B.CH4.Li/c1-36-31-23-30(29(24-32(41)42-2)25-15-7-3-8-16-25)33-34(37-31)40(39-38-33)35(26-17-9-4-10-18-26,27-19-11-5-12-20-27)28-21-13-6-14-22-28;1-35-31-24-30(29(22-23-40)25-14-6-2-7-15-25)32-33(36-31)39(38-37-32)34(26-16-8-3-9-17-26,27-18-10-4-11-19-27)28-20-12-5-13-21-28;1-7-10(4)13(11(5)8-2)12(6)9-3;;/h3-23,29H,24H2,1-2H3,(H,36,37);2-21,24,29,40H,22-23H2,1H3,(H,35,36);10-13H,7-9H2,1-6H3;1H4;/q;;-1;;+1/t2*29-;;;/m11.../s1. The average molecular weight is 1290 g/mol. The SMILES string of the molecule is C.CCC(C)[BH-](C(C)CC)C(C)CC.CNc1cc([C@H](CC(=O)OC)c2ccccc2)c2nnn(C(c3ccccc3)(c3ccccc3)c3ccccc3)c2n1.CNc1cc([C@H](CCO)c2ccccc2)c2nnn(C(c3ccccc3)(c3ccccc3)c3ccccc3)c2n1.[Li+]. The van der Waals surface area contributed by atoms with Gasteiger partial charge in [0.05, 0.1) is 13.5 Å². The Kier molecular flexibility index (Phi) is 26.5. The number of aromatic nitrogens is 8. The Hall–Kier alpha value is -9.45. The van der Waals surface area contributed by atoms with E-state index in [1.54, 1.807) is 0 Å². The third-order valence-electron chi connectivity index (χ3n) is 19.9. The topological polar surface area (TPSA) is 158 Å². The van der Waals surface area contributed by atoms with Gasteiger partial charge in [0, 0.05) is 32.5 Å². The number of aliphatic hydroxyl groups excluding tert-OH is 1. The summed E-state index contributed by atoms with van der Waals surface area (Å²) < 4.78 is 9.00. The first-order chi connectivity index (χ1) is 46.5. The van der Waals surface area contributed by atoms with E-state index >= 15 is 0 Å². The van der Waals surface area contributed by atoms with Crippen molar-refractivity contribution in [3.8, 4) is 0 Å². The van der Waals surface area contributed by atoms with Crippen LogP contribution in [0.5, 0.6) is 0 Å². The first kappa shape index (κ1) is 73.4. The van der Waals surface area contributed by atoms with Crippen molar-refractivity contribution in [1.29, 1.82) is 0 Å². The monoisotopic (exact) mass is 1280 g/mol. The van der Waals surface area contributed by atoms with Crippen LogP contribution in [0.25, 0.3) is 22.3 Å². The molecule has 8 aromatic carbocycles. The summed E-state index contributed by atoms with van der Waals surface area (Å²) in [5.74, 6) is 3.59. The Balaban J connectivity index is 0.000000206. The molecule has 12 rings (SSSR count). The number of nitrogens with zero attached hydrogens (tertiary/aromatic N) is 8. The van der Waals surface area contributed by atoms with Crippen LogP contribution in [0, 0.1) is 0 Å². The van der Waals surface area contributed by atoms with E-state index in [9.17, 15) is 9.90 Å². The Morgan fingerprint density at radius 2 is 0.753 bits per heavy atom. The molecular formula is C82H94BLiN10O3. The third kappa shape index (κ3) is 15.5. The molecule has 0 bridgehead atoms. The van der Waals surface area contributed by atoms with E-state index in [1.165, 1.54) is 26.4 Å². The molecule has 0 spiro atoms. The molecule has 0 saturated carbocycles. The maximum atomic E-state index is 12.7. The number of aliphatic hydroxyl groups is 1. The summed E-state index contributed by atoms with van der Waals surface area (Å²) in [6.45, 7) is 14.5. The van der Waals surface area contributed by atoms with E-state index in [1.807, 2.05) is 157 Å². The molecule has 4 heterocycles. The molecule has 0 aliphatic rings. The number of ether oxygens (including phenoxy) is 1. The van der Waals surface area contributed by atoms with Gasteiger partial charge in [-0.25, -0.2) is 19.3 Å². The van der Waals surface area contributed by atoms with Crippen LogP contribution in [-0.2, 0) is 20.6 Å². The van der Waals surface area contributed by atoms with Gasteiger partial charge in [0.2, 0.25) is 0 Å². The second kappa shape index (κ2) is 35.0. The van der Waals surface area contributed by atoms with E-state index in [0.29, 0.717) is 40.4 Å². The zero-order chi connectivity index (χ0) is 66.7. The fourth-order valence-corrected chi connectivity index (χ4v) is 14.6. The molecule has 3 unspecified atom stereocenters. The number of carbonyl (C=O) groups is 1. The van der Waals surface area contributed by atoms with E-state index in [-0.39, 0.29) is 63.8 Å².